The molecular formula is C19H24. The molecule has 0 spiro atoms. The molecule has 0 N–H and O–H groups in total. The predicted molar refractivity (Wildman–Crippen MR) is 83.5 cm³/mol. The van der Waals surface area contributed by atoms with E-state index in [1.807, 2.05) is 0 Å². The van der Waals surface area contributed by atoms with E-state index in [1.165, 1.54) is 43.2 Å². The Morgan fingerprint density at radius 3 is 2.05 bits per heavy atom. The van der Waals surface area contributed by atoms with Gasteiger partial charge in [0, 0.05) is 0 Å². The van der Waals surface area contributed by atoms with Crippen LogP contribution in [0, 0.1) is 0 Å². The van der Waals surface area contributed by atoms with E-state index in [0.29, 0.717) is 5.92 Å². The Morgan fingerprint density at radius 2 is 1.37 bits per heavy atom. The molecule has 0 fully saturated rings. The van der Waals surface area contributed by atoms with Gasteiger partial charge >= 0.3 is 0 Å². The Kier molecular flexibility index (Phi) is 5.68. The van der Waals surface area contributed by atoms with Crippen molar-refractivity contribution in [2.75, 3.05) is 0 Å². The van der Waals surface area contributed by atoms with Gasteiger partial charge < -0.3 is 0 Å². The van der Waals surface area contributed by atoms with Crippen molar-refractivity contribution in [3.05, 3.63) is 71.8 Å². The van der Waals surface area contributed by atoms with Gasteiger partial charge in [0.25, 0.3) is 0 Å². The fourth-order valence-corrected chi connectivity index (χ4v) is 2.55. The largest absolute Gasteiger partial charge is 0.0622 e. The molecule has 100 valence electrons. The Balaban J connectivity index is 1.62. The zero-order chi connectivity index (χ0) is 13.3. The first-order chi connectivity index (χ1) is 9.36. The minimum absolute atomic E-state index is 0.693. The minimum atomic E-state index is 0.693. The monoisotopic (exact) mass is 252 g/mol. The third-order valence-corrected chi connectivity index (χ3v) is 3.81. The highest BCUT2D eigenvalue weighted by molar-refractivity contribution is 5.18. The van der Waals surface area contributed by atoms with Crippen LogP contribution < -0.4 is 0 Å². The molecule has 0 nitrogen and oxygen atoms in total. The maximum Gasteiger partial charge on any atom is -0.0190 e. The second-order valence-electron chi connectivity index (χ2n) is 5.40. The highest BCUT2D eigenvalue weighted by Gasteiger charge is 2.04. The van der Waals surface area contributed by atoms with Crippen LogP contribution in [0.25, 0.3) is 0 Å². The fourth-order valence-electron chi connectivity index (χ4n) is 2.55. The lowest BCUT2D eigenvalue weighted by Gasteiger charge is -2.11. The van der Waals surface area contributed by atoms with Gasteiger partial charge in [-0.1, -0.05) is 80.4 Å². The van der Waals surface area contributed by atoms with Gasteiger partial charge in [0.05, 0.1) is 0 Å². The third kappa shape index (κ3) is 4.90. The molecule has 2 aromatic rings. The number of hydrogen-bond donors (Lipinski definition) is 0. The average molecular weight is 252 g/mol. The van der Waals surface area contributed by atoms with Crippen molar-refractivity contribution in [2.45, 2.75) is 44.9 Å². The summed E-state index contributed by atoms with van der Waals surface area (Å²) >= 11 is 0. The molecule has 0 radical (unpaired) electrons. The SMILES string of the molecule is CC(CCCCCc1ccccc1)c1ccccc1. The number of benzene rings is 2. The zero-order valence-electron chi connectivity index (χ0n) is 11.9. The van der Waals surface area contributed by atoms with Gasteiger partial charge in [-0.2, -0.15) is 0 Å². The van der Waals surface area contributed by atoms with Gasteiger partial charge in [-0.05, 0) is 36.3 Å². The van der Waals surface area contributed by atoms with E-state index in [0.717, 1.165) is 0 Å². The quantitative estimate of drug-likeness (QED) is 0.563. The molecule has 0 amide bonds. The van der Waals surface area contributed by atoms with Gasteiger partial charge in [0.1, 0.15) is 0 Å². The van der Waals surface area contributed by atoms with Gasteiger partial charge in [-0.3, -0.25) is 0 Å². The van der Waals surface area contributed by atoms with Crippen LogP contribution >= 0.6 is 0 Å². The summed E-state index contributed by atoms with van der Waals surface area (Å²) in [6.07, 6.45) is 6.51. The van der Waals surface area contributed by atoms with Gasteiger partial charge in [0.2, 0.25) is 0 Å². The topological polar surface area (TPSA) is 0 Å². The first kappa shape index (κ1) is 13.9. The molecule has 0 heterocycles. The van der Waals surface area contributed by atoms with Crippen LogP contribution in [-0.4, -0.2) is 0 Å². The van der Waals surface area contributed by atoms with Gasteiger partial charge in [-0.25, -0.2) is 0 Å². The van der Waals surface area contributed by atoms with Crippen LogP contribution in [0.3, 0.4) is 0 Å². The summed E-state index contributed by atoms with van der Waals surface area (Å²) in [5, 5.41) is 0. The molecule has 0 heteroatoms. The molecule has 1 unspecified atom stereocenters. The summed E-state index contributed by atoms with van der Waals surface area (Å²) < 4.78 is 0. The van der Waals surface area contributed by atoms with Crippen molar-refractivity contribution >= 4 is 0 Å². The standard InChI is InChI=1S/C19H24/c1-17(19-15-9-4-10-16-19)11-5-2-6-12-18-13-7-3-8-14-18/h3-4,7-10,13-17H,2,5-6,11-12H2,1H3. The Bertz CT molecular complexity index is 444. The van der Waals surface area contributed by atoms with Crippen molar-refractivity contribution in [2.24, 2.45) is 0 Å². The Morgan fingerprint density at radius 1 is 0.737 bits per heavy atom. The lowest BCUT2D eigenvalue weighted by Crippen LogP contribution is -1.93. The molecule has 0 aromatic heterocycles. The van der Waals surface area contributed by atoms with Crippen molar-refractivity contribution in [1.82, 2.24) is 0 Å². The second kappa shape index (κ2) is 7.78. The summed E-state index contributed by atoms with van der Waals surface area (Å²) in [7, 11) is 0. The molecule has 0 aliphatic heterocycles. The second-order valence-corrected chi connectivity index (χ2v) is 5.40. The third-order valence-electron chi connectivity index (χ3n) is 3.81. The molecule has 1 atom stereocenters. The van der Waals surface area contributed by atoms with E-state index in [2.05, 4.69) is 67.6 Å². The number of aryl methyl sites for hydroxylation is 1. The number of hydrogen-bond acceptors (Lipinski definition) is 0. The Labute approximate surface area is 117 Å². The van der Waals surface area contributed by atoms with Crippen molar-refractivity contribution in [3.63, 3.8) is 0 Å². The molecular weight excluding hydrogens is 228 g/mol. The van der Waals surface area contributed by atoms with E-state index in [1.54, 1.807) is 0 Å². The summed E-state index contributed by atoms with van der Waals surface area (Å²) in [4.78, 5) is 0. The maximum absolute atomic E-state index is 2.34. The normalized spacial score (nSPS) is 12.3. The van der Waals surface area contributed by atoms with Gasteiger partial charge in [-0.15, -0.1) is 0 Å². The van der Waals surface area contributed by atoms with E-state index in [9.17, 15) is 0 Å². The van der Waals surface area contributed by atoms with Crippen LogP contribution in [0.1, 0.15) is 49.7 Å². The first-order valence-corrected chi connectivity index (χ1v) is 7.45. The van der Waals surface area contributed by atoms with Crippen molar-refractivity contribution in [1.29, 1.82) is 0 Å². The highest BCUT2D eigenvalue weighted by Crippen LogP contribution is 2.21. The maximum atomic E-state index is 2.34. The van der Waals surface area contributed by atoms with Crippen molar-refractivity contribution < 1.29 is 0 Å². The van der Waals surface area contributed by atoms with E-state index in [-0.39, 0.29) is 0 Å². The molecule has 0 saturated heterocycles. The van der Waals surface area contributed by atoms with Crippen LogP contribution in [0.5, 0.6) is 0 Å². The number of unbranched alkanes of at least 4 members (excludes halogenated alkanes) is 2. The summed E-state index contributed by atoms with van der Waals surface area (Å²) in [5.74, 6) is 0.693. The minimum Gasteiger partial charge on any atom is -0.0622 e. The smallest absolute Gasteiger partial charge is 0.0190 e. The van der Waals surface area contributed by atoms with Crippen molar-refractivity contribution in [3.8, 4) is 0 Å². The van der Waals surface area contributed by atoms with E-state index < -0.39 is 0 Å². The van der Waals surface area contributed by atoms with Gasteiger partial charge in [0.15, 0.2) is 0 Å². The van der Waals surface area contributed by atoms with Crippen LogP contribution in [0.2, 0.25) is 0 Å². The van der Waals surface area contributed by atoms with Crippen LogP contribution in [-0.2, 0) is 6.42 Å². The summed E-state index contributed by atoms with van der Waals surface area (Å²) in [6, 6.07) is 21.7. The summed E-state index contributed by atoms with van der Waals surface area (Å²) in [6.45, 7) is 2.34. The summed E-state index contributed by atoms with van der Waals surface area (Å²) in [5.41, 5.74) is 2.95. The lowest BCUT2D eigenvalue weighted by molar-refractivity contribution is 0.584. The van der Waals surface area contributed by atoms with Crippen LogP contribution in [0.4, 0.5) is 0 Å². The molecule has 0 bridgehead atoms. The molecule has 19 heavy (non-hydrogen) atoms. The van der Waals surface area contributed by atoms with Crippen LogP contribution in [0.15, 0.2) is 60.7 Å². The fraction of sp³-hybridized carbons (Fsp3) is 0.368. The predicted octanol–water partition coefficient (Wildman–Crippen LogP) is 5.59. The number of rotatable bonds is 7. The highest BCUT2D eigenvalue weighted by atomic mass is 14.1. The zero-order valence-corrected chi connectivity index (χ0v) is 11.9. The molecule has 0 aliphatic carbocycles. The lowest BCUT2D eigenvalue weighted by atomic mass is 9.94. The van der Waals surface area contributed by atoms with E-state index >= 15 is 0 Å². The average Bonchev–Trinajstić information content (AvgIpc) is 2.49. The molecule has 0 aliphatic rings. The Hall–Kier alpha value is -1.56. The molecule has 2 rings (SSSR count). The molecule has 0 saturated carbocycles. The van der Waals surface area contributed by atoms with E-state index in [4.69, 9.17) is 0 Å². The first-order valence-electron chi connectivity index (χ1n) is 7.45. The molecule has 2 aromatic carbocycles.